The first-order chi connectivity index (χ1) is 28.1. The van der Waals surface area contributed by atoms with Gasteiger partial charge in [-0.05, 0) is 37.0 Å². The standard InChI is InChI=1S/C52H100O6/c1-7-48(6)40-34-28-22-17-18-24-31-37-43-52(55)58-49(45-57-51(54)42-36-30-25-19-21-27-33-39-47(4)5)44-56-50(53)41-35-29-23-16-14-12-10-8-9-11-13-15-20-26-32-38-46(2)3/h46-49H,7-45H2,1-6H3/t48?,49-/m1/s1. The highest BCUT2D eigenvalue weighted by Crippen LogP contribution is 2.18. The van der Waals surface area contributed by atoms with E-state index in [0.717, 1.165) is 75.5 Å². The molecule has 6 heteroatoms. The van der Waals surface area contributed by atoms with Crippen LogP contribution in [0, 0.1) is 17.8 Å². The minimum absolute atomic E-state index is 0.0655. The molecule has 0 bridgehead atoms. The molecule has 0 spiro atoms. The van der Waals surface area contributed by atoms with Crippen LogP contribution in [0.1, 0.15) is 279 Å². The zero-order valence-corrected chi connectivity index (χ0v) is 39.8. The van der Waals surface area contributed by atoms with E-state index in [1.165, 1.54) is 161 Å². The van der Waals surface area contributed by atoms with Crippen LogP contribution in [0.25, 0.3) is 0 Å². The predicted molar refractivity (Wildman–Crippen MR) is 247 cm³/mol. The van der Waals surface area contributed by atoms with Gasteiger partial charge in [-0.25, -0.2) is 0 Å². The molecule has 58 heavy (non-hydrogen) atoms. The van der Waals surface area contributed by atoms with E-state index in [4.69, 9.17) is 14.2 Å². The van der Waals surface area contributed by atoms with Crippen LogP contribution in [0.15, 0.2) is 0 Å². The third kappa shape index (κ3) is 44.0. The number of hydrogen-bond donors (Lipinski definition) is 0. The second-order valence-electron chi connectivity index (χ2n) is 19.0. The van der Waals surface area contributed by atoms with Crippen molar-refractivity contribution in [3.8, 4) is 0 Å². The van der Waals surface area contributed by atoms with Crippen LogP contribution in [0.4, 0.5) is 0 Å². The first kappa shape index (κ1) is 56.4. The maximum absolute atomic E-state index is 12.8. The second-order valence-corrected chi connectivity index (χ2v) is 19.0. The third-order valence-electron chi connectivity index (χ3n) is 12.0. The average molecular weight is 821 g/mol. The van der Waals surface area contributed by atoms with Crippen LogP contribution in [-0.4, -0.2) is 37.2 Å². The molecule has 0 rings (SSSR count). The molecule has 0 aliphatic heterocycles. The first-order valence-corrected chi connectivity index (χ1v) is 25.6. The summed E-state index contributed by atoms with van der Waals surface area (Å²) in [5.74, 6) is 1.62. The normalized spacial score (nSPS) is 12.6. The highest BCUT2D eigenvalue weighted by Gasteiger charge is 2.19. The zero-order chi connectivity index (χ0) is 42.7. The Morgan fingerprint density at radius 3 is 0.897 bits per heavy atom. The maximum Gasteiger partial charge on any atom is 0.306 e. The van der Waals surface area contributed by atoms with Gasteiger partial charge in [-0.3, -0.25) is 14.4 Å². The van der Waals surface area contributed by atoms with Crippen molar-refractivity contribution in [2.24, 2.45) is 17.8 Å². The topological polar surface area (TPSA) is 78.9 Å². The van der Waals surface area contributed by atoms with Crippen molar-refractivity contribution in [3.63, 3.8) is 0 Å². The van der Waals surface area contributed by atoms with Gasteiger partial charge in [-0.1, -0.05) is 241 Å². The molecule has 0 saturated carbocycles. The average Bonchev–Trinajstić information content (AvgIpc) is 3.19. The van der Waals surface area contributed by atoms with Gasteiger partial charge in [0, 0.05) is 19.3 Å². The Balaban J connectivity index is 4.27. The van der Waals surface area contributed by atoms with Crippen molar-refractivity contribution in [2.45, 2.75) is 285 Å². The largest absolute Gasteiger partial charge is 0.462 e. The van der Waals surface area contributed by atoms with E-state index in [2.05, 4.69) is 41.5 Å². The molecule has 344 valence electrons. The van der Waals surface area contributed by atoms with Gasteiger partial charge in [-0.2, -0.15) is 0 Å². The molecule has 0 aromatic heterocycles. The SMILES string of the molecule is CCC(C)CCCCCCCCCCC(=O)O[C@H](COC(=O)CCCCCCCCCCCCCCCCCC(C)C)COC(=O)CCCCCCCCCC(C)C. The molecule has 1 unspecified atom stereocenters. The van der Waals surface area contributed by atoms with Gasteiger partial charge in [0.1, 0.15) is 13.2 Å². The van der Waals surface area contributed by atoms with Crippen LogP contribution >= 0.6 is 0 Å². The lowest BCUT2D eigenvalue weighted by atomic mass is 9.99. The molecular weight excluding hydrogens is 721 g/mol. The van der Waals surface area contributed by atoms with Crippen LogP contribution in [0.3, 0.4) is 0 Å². The Kier molecular flexibility index (Phi) is 42.3. The van der Waals surface area contributed by atoms with Crippen LogP contribution in [0.5, 0.6) is 0 Å². The van der Waals surface area contributed by atoms with Gasteiger partial charge >= 0.3 is 17.9 Å². The Morgan fingerprint density at radius 2 is 0.603 bits per heavy atom. The van der Waals surface area contributed by atoms with Gasteiger partial charge in [0.25, 0.3) is 0 Å². The molecule has 0 amide bonds. The highest BCUT2D eigenvalue weighted by atomic mass is 16.6. The summed E-state index contributed by atoms with van der Waals surface area (Å²) in [5.41, 5.74) is 0. The molecule has 0 heterocycles. The molecule has 0 aromatic carbocycles. The lowest BCUT2D eigenvalue weighted by Gasteiger charge is -2.18. The summed E-state index contributed by atoms with van der Waals surface area (Å²) in [6.45, 7) is 13.7. The van der Waals surface area contributed by atoms with Crippen LogP contribution < -0.4 is 0 Å². The smallest absolute Gasteiger partial charge is 0.306 e. The van der Waals surface area contributed by atoms with Gasteiger partial charge in [-0.15, -0.1) is 0 Å². The van der Waals surface area contributed by atoms with E-state index in [1.807, 2.05) is 0 Å². The van der Waals surface area contributed by atoms with E-state index in [9.17, 15) is 14.4 Å². The summed E-state index contributed by atoms with van der Waals surface area (Å²) < 4.78 is 16.8. The lowest BCUT2D eigenvalue weighted by Crippen LogP contribution is -2.30. The van der Waals surface area contributed by atoms with Crippen molar-refractivity contribution in [1.29, 1.82) is 0 Å². The van der Waals surface area contributed by atoms with Crippen LogP contribution in [0.2, 0.25) is 0 Å². The Bertz CT molecular complexity index is 900. The fourth-order valence-corrected chi connectivity index (χ4v) is 7.73. The molecule has 0 aromatic rings. The van der Waals surface area contributed by atoms with E-state index < -0.39 is 6.10 Å². The minimum atomic E-state index is -0.763. The van der Waals surface area contributed by atoms with Crippen molar-refractivity contribution >= 4 is 17.9 Å². The van der Waals surface area contributed by atoms with Crippen molar-refractivity contribution < 1.29 is 28.6 Å². The number of unbranched alkanes of at least 4 members (excludes halogenated alkanes) is 27. The summed E-state index contributed by atoms with van der Waals surface area (Å²) in [5, 5.41) is 0. The van der Waals surface area contributed by atoms with E-state index >= 15 is 0 Å². The number of rotatable bonds is 45. The van der Waals surface area contributed by atoms with E-state index in [0.29, 0.717) is 19.3 Å². The number of hydrogen-bond acceptors (Lipinski definition) is 6. The summed E-state index contributed by atoms with van der Waals surface area (Å²) in [6, 6.07) is 0. The minimum Gasteiger partial charge on any atom is -0.462 e. The predicted octanol–water partition coefficient (Wildman–Crippen LogP) is 16.4. The Hall–Kier alpha value is -1.59. The molecule has 0 radical (unpaired) electrons. The summed E-state index contributed by atoms with van der Waals surface area (Å²) in [6.07, 6.45) is 42.4. The van der Waals surface area contributed by atoms with Gasteiger partial charge < -0.3 is 14.2 Å². The highest BCUT2D eigenvalue weighted by molar-refractivity contribution is 5.71. The number of esters is 3. The molecule has 0 fully saturated rings. The monoisotopic (exact) mass is 821 g/mol. The molecule has 6 nitrogen and oxygen atoms in total. The number of ether oxygens (including phenoxy) is 3. The van der Waals surface area contributed by atoms with Crippen LogP contribution in [-0.2, 0) is 28.6 Å². The number of carbonyl (C=O) groups excluding carboxylic acids is 3. The van der Waals surface area contributed by atoms with E-state index in [1.54, 1.807) is 0 Å². The fourth-order valence-electron chi connectivity index (χ4n) is 7.73. The Morgan fingerprint density at radius 1 is 0.345 bits per heavy atom. The lowest BCUT2D eigenvalue weighted by molar-refractivity contribution is -0.167. The maximum atomic E-state index is 12.8. The molecule has 2 atom stereocenters. The summed E-state index contributed by atoms with van der Waals surface area (Å²) in [4.78, 5) is 37.9. The molecule has 0 N–H and O–H groups in total. The number of carbonyl (C=O) groups is 3. The summed E-state index contributed by atoms with van der Waals surface area (Å²) >= 11 is 0. The fraction of sp³-hybridized carbons (Fsp3) is 0.942. The third-order valence-corrected chi connectivity index (χ3v) is 12.0. The van der Waals surface area contributed by atoms with Crippen molar-refractivity contribution in [1.82, 2.24) is 0 Å². The van der Waals surface area contributed by atoms with E-state index in [-0.39, 0.29) is 31.1 Å². The van der Waals surface area contributed by atoms with Gasteiger partial charge in [0.05, 0.1) is 0 Å². The molecule has 0 aliphatic carbocycles. The van der Waals surface area contributed by atoms with Gasteiger partial charge in [0.15, 0.2) is 6.10 Å². The van der Waals surface area contributed by atoms with Crippen molar-refractivity contribution in [3.05, 3.63) is 0 Å². The molecular formula is C52H100O6. The second kappa shape index (κ2) is 43.5. The summed E-state index contributed by atoms with van der Waals surface area (Å²) in [7, 11) is 0. The molecule has 0 aliphatic rings. The quantitative estimate of drug-likeness (QED) is 0.0346. The Labute approximate surface area is 361 Å². The first-order valence-electron chi connectivity index (χ1n) is 25.6. The van der Waals surface area contributed by atoms with Crippen molar-refractivity contribution in [2.75, 3.05) is 13.2 Å². The molecule has 0 saturated heterocycles. The van der Waals surface area contributed by atoms with Gasteiger partial charge in [0.2, 0.25) is 0 Å². The zero-order valence-electron chi connectivity index (χ0n) is 39.8.